The molecule has 0 radical (unpaired) electrons. The third-order valence-corrected chi connectivity index (χ3v) is 16.8. The zero-order valence-corrected chi connectivity index (χ0v) is 42.7. The van der Waals surface area contributed by atoms with Crippen LogP contribution in [0.15, 0.2) is 291 Å². The summed E-state index contributed by atoms with van der Waals surface area (Å²) in [6.45, 7) is 0. The summed E-state index contributed by atoms with van der Waals surface area (Å²) < 4.78 is 0. The van der Waals surface area contributed by atoms with Crippen molar-refractivity contribution in [3.05, 3.63) is 291 Å². The Bertz CT molecular complexity index is 4650. The fourth-order valence-electron chi connectivity index (χ4n) is 13.4. The van der Waals surface area contributed by atoms with Crippen LogP contribution in [0.25, 0.3) is 164 Å². The number of rotatable bonds is 6. The zero-order valence-electron chi connectivity index (χ0n) is 42.7. The summed E-state index contributed by atoms with van der Waals surface area (Å²) in [6, 6.07) is 108. The molecule has 0 spiro atoms. The predicted octanol–water partition coefficient (Wildman–Crippen LogP) is 22.1. The average molecular weight is 985 g/mol. The van der Waals surface area contributed by atoms with Gasteiger partial charge in [0.1, 0.15) is 0 Å². The Kier molecular flexibility index (Phi) is 10.0. The summed E-state index contributed by atoms with van der Waals surface area (Å²) in [5, 5.41) is 22.9. The van der Waals surface area contributed by atoms with Gasteiger partial charge in [-0.25, -0.2) is 0 Å². The molecule has 78 heavy (non-hydrogen) atoms. The predicted molar refractivity (Wildman–Crippen MR) is 337 cm³/mol. The normalized spacial score (nSPS) is 11.8. The van der Waals surface area contributed by atoms with Crippen molar-refractivity contribution in [1.29, 1.82) is 0 Å². The lowest BCUT2D eigenvalue weighted by Crippen LogP contribution is -1.91. The lowest BCUT2D eigenvalue weighted by molar-refractivity contribution is 1.63. The summed E-state index contributed by atoms with van der Waals surface area (Å²) in [4.78, 5) is 0. The molecule has 0 heteroatoms. The van der Waals surface area contributed by atoms with Gasteiger partial charge < -0.3 is 0 Å². The molecular formula is C78H48. The van der Waals surface area contributed by atoms with E-state index in [9.17, 15) is 0 Å². The average Bonchev–Trinajstić information content (AvgIpc) is 3.70. The van der Waals surface area contributed by atoms with Crippen molar-refractivity contribution < 1.29 is 0 Å². The standard InChI is InChI=1S/C78H48/c1-3-19-51(20-4-1)73-61-27-11-15-31-65(61)75(66-32-16-12-28-62(66)73)53-39-35-49(36-40-53)55-43-45-69-71(47-55)57-23-7-9-25-59(57)78-70-46-44-56(48-72(70)58-24-8-10-26-60(58)77(69)78)50-37-41-54(42-38-50)76-67-33-17-13-29-63(67)74(52-21-5-2-6-22-52)64-30-14-18-34-68(64)76/h1-48H. The second-order valence-electron chi connectivity index (χ2n) is 20.9. The minimum Gasteiger partial charge on any atom is -0.0622 e. The Labute approximate surface area is 452 Å². The fourth-order valence-corrected chi connectivity index (χ4v) is 13.4. The molecular weight excluding hydrogens is 937 g/mol. The van der Waals surface area contributed by atoms with Crippen LogP contribution < -0.4 is 0 Å². The van der Waals surface area contributed by atoms with Crippen LogP contribution in [0.2, 0.25) is 0 Å². The van der Waals surface area contributed by atoms with E-state index in [2.05, 4.69) is 291 Å². The maximum Gasteiger partial charge on any atom is -0.00139 e. The van der Waals surface area contributed by atoms with E-state index in [1.807, 2.05) is 0 Å². The minimum absolute atomic E-state index is 1.20. The first-order chi connectivity index (χ1) is 38.7. The first-order valence-electron chi connectivity index (χ1n) is 27.2. The summed E-state index contributed by atoms with van der Waals surface area (Å²) >= 11 is 0. The smallest absolute Gasteiger partial charge is 0.00139 e. The van der Waals surface area contributed by atoms with Crippen molar-refractivity contribution in [2.24, 2.45) is 0 Å². The second kappa shape index (κ2) is 17.7. The topological polar surface area (TPSA) is 0 Å². The van der Waals surface area contributed by atoms with Crippen LogP contribution in [0.4, 0.5) is 0 Å². The highest BCUT2D eigenvalue weighted by atomic mass is 14.2. The minimum atomic E-state index is 1.20. The zero-order chi connectivity index (χ0) is 51.3. The highest BCUT2D eigenvalue weighted by molar-refractivity contribution is 6.40. The Balaban J connectivity index is 0.812. The number of fused-ring (bicyclic) bond motifs is 15. The van der Waals surface area contributed by atoms with Crippen molar-refractivity contribution in [3.63, 3.8) is 0 Å². The SMILES string of the molecule is c1ccc(-c2c3ccccc3c(-c3ccc(-c4ccc5c(c4)c4ccccc4c4c6ccc(-c7ccc(-c8c9ccccc9c(-c9ccccc9)c9ccccc89)cc7)cc6c6ccccc6c54)cc3)c3ccccc23)cc1. The molecule has 0 aliphatic carbocycles. The van der Waals surface area contributed by atoms with Gasteiger partial charge in [-0.2, -0.15) is 0 Å². The highest BCUT2D eigenvalue weighted by Gasteiger charge is 2.21. The third-order valence-electron chi connectivity index (χ3n) is 16.8. The van der Waals surface area contributed by atoms with Crippen LogP contribution in [0, 0.1) is 0 Å². The number of benzene rings is 16. The van der Waals surface area contributed by atoms with Gasteiger partial charge in [0.05, 0.1) is 0 Å². The van der Waals surface area contributed by atoms with Gasteiger partial charge in [-0.15, -0.1) is 0 Å². The van der Waals surface area contributed by atoms with Gasteiger partial charge in [0, 0.05) is 0 Å². The third kappa shape index (κ3) is 6.80. The van der Waals surface area contributed by atoms with Crippen LogP contribution in [-0.2, 0) is 0 Å². The van der Waals surface area contributed by atoms with Gasteiger partial charge >= 0.3 is 0 Å². The van der Waals surface area contributed by atoms with E-state index >= 15 is 0 Å². The molecule has 0 atom stereocenters. The Morgan fingerprint density at radius 2 is 0.321 bits per heavy atom. The van der Waals surface area contributed by atoms with Crippen molar-refractivity contribution in [1.82, 2.24) is 0 Å². The molecule has 0 fully saturated rings. The van der Waals surface area contributed by atoms with Crippen LogP contribution in [0.3, 0.4) is 0 Å². The summed E-state index contributed by atoms with van der Waals surface area (Å²) in [5.74, 6) is 0. The molecule has 0 saturated heterocycles. The molecule has 0 aliphatic heterocycles. The van der Waals surface area contributed by atoms with E-state index in [1.54, 1.807) is 0 Å². The molecule has 0 unspecified atom stereocenters. The van der Waals surface area contributed by atoms with Crippen LogP contribution >= 0.6 is 0 Å². The van der Waals surface area contributed by atoms with Crippen LogP contribution in [0.1, 0.15) is 0 Å². The Morgan fingerprint density at radius 3 is 0.615 bits per heavy atom. The van der Waals surface area contributed by atoms with Crippen molar-refractivity contribution in [2.75, 3.05) is 0 Å². The maximum atomic E-state index is 2.43. The Morgan fingerprint density at radius 1 is 0.115 bits per heavy atom. The van der Waals surface area contributed by atoms with Crippen molar-refractivity contribution >= 4 is 97.0 Å². The van der Waals surface area contributed by atoms with Gasteiger partial charge in [-0.1, -0.05) is 279 Å². The van der Waals surface area contributed by atoms with Gasteiger partial charge in [-0.05, 0) is 176 Å². The van der Waals surface area contributed by atoms with Crippen molar-refractivity contribution in [3.8, 4) is 66.8 Å². The molecule has 0 bridgehead atoms. The number of hydrogen-bond donors (Lipinski definition) is 0. The maximum absolute atomic E-state index is 2.43. The van der Waals surface area contributed by atoms with Gasteiger partial charge in [0.2, 0.25) is 0 Å². The molecule has 0 N–H and O–H groups in total. The molecule has 0 aromatic heterocycles. The first kappa shape index (κ1) is 44.2. The lowest BCUT2D eigenvalue weighted by atomic mass is 9.85. The van der Waals surface area contributed by atoms with E-state index < -0.39 is 0 Å². The lowest BCUT2D eigenvalue weighted by Gasteiger charge is -2.19. The molecule has 16 aromatic rings. The first-order valence-corrected chi connectivity index (χ1v) is 27.2. The van der Waals surface area contributed by atoms with E-state index in [0.717, 1.165) is 0 Å². The molecule has 16 rings (SSSR count). The molecule has 0 amide bonds. The Hall–Kier alpha value is -10.1. The van der Waals surface area contributed by atoms with E-state index in [0.29, 0.717) is 0 Å². The highest BCUT2D eigenvalue weighted by Crippen LogP contribution is 2.48. The molecule has 16 aromatic carbocycles. The number of hydrogen-bond acceptors (Lipinski definition) is 0. The monoisotopic (exact) mass is 984 g/mol. The van der Waals surface area contributed by atoms with Crippen molar-refractivity contribution in [2.45, 2.75) is 0 Å². The molecule has 360 valence electrons. The second-order valence-corrected chi connectivity index (χ2v) is 20.9. The molecule has 0 aliphatic rings. The van der Waals surface area contributed by atoms with Crippen LogP contribution in [-0.4, -0.2) is 0 Å². The summed E-state index contributed by atoms with van der Waals surface area (Å²) in [5.41, 5.74) is 14.8. The largest absolute Gasteiger partial charge is 0.0622 e. The van der Waals surface area contributed by atoms with E-state index in [4.69, 9.17) is 0 Å². The summed E-state index contributed by atoms with van der Waals surface area (Å²) in [6.07, 6.45) is 0. The summed E-state index contributed by atoms with van der Waals surface area (Å²) in [7, 11) is 0. The molecule has 0 nitrogen and oxygen atoms in total. The van der Waals surface area contributed by atoms with Gasteiger partial charge in [0.15, 0.2) is 0 Å². The van der Waals surface area contributed by atoms with Crippen LogP contribution in [0.5, 0.6) is 0 Å². The van der Waals surface area contributed by atoms with E-state index in [-0.39, 0.29) is 0 Å². The van der Waals surface area contributed by atoms with Gasteiger partial charge in [-0.3, -0.25) is 0 Å². The quantitative estimate of drug-likeness (QED) is 0.115. The fraction of sp³-hybridized carbons (Fsp3) is 0. The van der Waals surface area contributed by atoms with E-state index in [1.165, 1.54) is 164 Å². The van der Waals surface area contributed by atoms with Gasteiger partial charge in [0.25, 0.3) is 0 Å². The molecule has 0 saturated carbocycles. The molecule has 0 heterocycles.